The van der Waals surface area contributed by atoms with Crippen molar-refractivity contribution in [3.05, 3.63) is 0 Å². The smallest absolute Gasteiger partial charge is 0.0754 e. The highest BCUT2D eigenvalue weighted by atomic mass is 16.5. The molecule has 0 amide bonds. The molecule has 0 aromatic carbocycles. The minimum atomic E-state index is 0.322. The van der Waals surface area contributed by atoms with Crippen LogP contribution in [0.15, 0.2) is 0 Å². The summed E-state index contributed by atoms with van der Waals surface area (Å²) in [6.45, 7) is 0.891. The van der Waals surface area contributed by atoms with Gasteiger partial charge >= 0.3 is 0 Å². The Hall–Kier alpha value is -0.0800. The van der Waals surface area contributed by atoms with Crippen molar-refractivity contribution >= 4 is 0 Å². The molecule has 0 radical (unpaired) electrons. The maximum atomic E-state index is 6.04. The Labute approximate surface area is 80.8 Å². The van der Waals surface area contributed by atoms with Crippen molar-refractivity contribution in [2.24, 2.45) is 11.7 Å². The highest BCUT2D eigenvalue weighted by Gasteiger charge is 2.32. The van der Waals surface area contributed by atoms with Crippen LogP contribution in [0, 0.1) is 5.92 Å². The Morgan fingerprint density at radius 1 is 0.923 bits per heavy atom. The zero-order valence-corrected chi connectivity index (χ0v) is 8.37. The van der Waals surface area contributed by atoms with Gasteiger partial charge in [0.2, 0.25) is 0 Å². The Kier molecular flexibility index (Phi) is 3.23. The fourth-order valence-electron chi connectivity index (χ4n) is 2.75. The van der Waals surface area contributed by atoms with Gasteiger partial charge in [0, 0.05) is 12.6 Å². The number of hydrogen-bond donors (Lipinski definition) is 1. The van der Waals surface area contributed by atoms with E-state index in [9.17, 15) is 0 Å². The second kappa shape index (κ2) is 4.43. The molecular weight excluding hydrogens is 162 g/mol. The summed E-state index contributed by atoms with van der Waals surface area (Å²) in [4.78, 5) is 0. The molecular formula is C11H21NO. The third-order valence-corrected chi connectivity index (χ3v) is 3.55. The van der Waals surface area contributed by atoms with Gasteiger partial charge in [-0.2, -0.15) is 0 Å². The lowest BCUT2D eigenvalue weighted by atomic mass is 9.90. The van der Waals surface area contributed by atoms with Crippen LogP contribution in [0.1, 0.15) is 44.9 Å². The molecule has 2 N–H and O–H groups in total. The van der Waals surface area contributed by atoms with Gasteiger partial charge in [-0.15, -0.1) is 0 Å². The highest BCUT2D eigenvalue weighted by molar-refractivity contribution is 4.85. The van der Waals surface area contributed by atoms with E-state index in [1.54, 1.807) is 0 Å². The van der Waals surface area contributed by atoms with Crippen LogP contribution in [-0.4, -0.2) is 18.8 Å². The van der Waals surface area contributed by atoms with Gasteiger partial charge in [-0.1, -0.05) is 25.7 Å². The molecule has 1 saturated heterocycles. The second-order valence-electron chi connectivity index (χ2n) is 4.54. The first-order chi connectivity index (χ1) is 6.38. The Bertz CT molecular complexity index is 152. The quantitative estimate of drug-likeness (QED) is 0.632. The summed E-state index contributed by atoms with van der Waals surface area (Å²) >= 11 is 0. The van der Waals surface area contributed by atoms with Crippen molar-refractivity contribution in [1.82, 2.24) is 0 Å². The minimum absolute atomic E-state index is 0.322. The summed E-state index contributed by atoms with van der Waals surface area (Å²) in [6.07, 6.45) is 9.75. The van der Waals surface area contributed by atoms with E-state index < -0.39 is 0 Å². The molecule has 76 valence electrons. The van der Waals surface area contributed by atoms with E-state index in [0.29, 0.717) is 12.1 Å². The molecule has 1 heterocycles. The summed E-state index contributed by atoms with van der Waals surface area (Å²) in [5.41, 5.74) is 6.04. The van der Waals surface area contributed by atoms with Crippen molar-refractivity contribution in [3.63, 3.8) is 0 Å². The van der Waals surface area contributed by atoms with Gasteiger partial charge in [0.1, 0.15) is 0 Å². The first kappa shape index (κ1) is 9.47. The third kappa shape index (κ3) is 2.23. The van der Waals surface area contributed by atoms with Crippen LogP contribution >= 0.6 is 0 Å². The first-order valence-electron chi connectivity index (χ1n) is 5.75. The van der Waals surface area contributed by atoms with Gasteiger partial charge in [-0.25, -0.2) is 0 Å². The lowest BCUT2D eigenvalue weighted by Crippen LogP contribution is -2.36. The van der Waals surface area contributed by atoms with Crippen LogP contribution in [0.2, 0.25) is 0 Å². The van der Waals surface area contributed by atoms with Crippen molar-refractivity contribution in [2.45, 2.75) is 57.1 Å². The molecule has 0 bridgehead atoms. The molecule has 2 fully saturated rings. The molecule has 0 spiro atoms. The minimum Gasteiger partial charge on any atom is -0.376 e. The number of rotatable bonds is 1. The topological polar surface area (TPSA) is 35.2 Å². The van der Waals surface area contributed by atoms with Crippen LogP contribution in [-0.2, 0) is 4.74 Å². The molecule has 13 heavy (non-hydrogen) atoms. The zero-order chi connectivity index (χ0) is 9.10. The highest BCUT2D eigenvalue weighted by Crippen LogP contribution is 2.31. The molecule has 1 aliphatic carbocycles. The van der Waals surface area contributed by atoms with E-state index in [-0.39, 0.29) is 0 Å². The van der Waals surface area contributed by atoms with Crippen molar-refractivity contribution in [2.75, 3.05) is 6.61 Å². The van der Waals surface area contributed by atoms with Crippen LogP contribution in [0.25, 0.3) is 0 Å². The summed E-state index contributed by atoms with van der Waals surface area (Å²) in [5, 5.41) is 0. The largest absolute Gasteiger partial charge is 0.376 e. The van der Waals surface area contributed by atoms with Crippen LogP contribution in [0.4, 0.5) is 0 Å². The molecule has 0 aromatic heterocycles. The Morgan fingerprint density at radius 3 is 2.15 bits per heavy atom. The van der Waals surface area contributed by atoms with E-state index >= 15 is 0 Å². The molecule has 2 unspecified atom stereocenters. The van der Waals surface area contributed by atoms with Gasteiger partial charge < -0.3 is 10.5 Å². The standard InChI is InChI=1S/C11H21NO/c12-10-7-8-13-11(10)9-5-3-1-2-4-6-9/h9-11H,1-8,12H2. The normalized spacial score (nSPS) is 37.6. The fourth-order valence-corrected chi connectivity index (χ4v) is 2.75. The molecule has 2 heteroatoms. The molecule has 2 rings (SSSR count). The predicted molar refractivity (Wildman–Crippen MR) is 53.5 cm³/mol. The maximum Gasteiger partial charge on any atom is 0.0754 e. The summed E-state index contributed by atoms with van der Waals surface area (Å²) in [5.74, 6) is 0.764. The molecule has 1 saturated carbocycles. The van der Waals surface area contributed by atoms with E-state index in [1.165, 1.54) is 38.5 Å². The molecule has 1 aliphatic heterocycles. The molecule has 2 nitrogen and oxygen atoms in total. The van der Waals surface area contributed by atoms with Crippen molar-refractivity contribution in [1.29, 1.82) is 0 Å². The molecule has 2 aliphatic rings. The van der Waals surface area contributed by atoms with Gasteiger partial charge in [0.15, 0.2) is 0 Å². The summed E-state index contributed by atoms with van der Waals surface area (Å²) in [6, 6.07) is 0.322. The number of hydrogen-bond acceptors (Lipinski definition) is 2. The number of ether oxygens (including phenoxy) is 1. The van der Waals surface area contributed by atoms with Crippen molar-refractivity contribution < 1.29 is 4.74 Å². The van der Waals surface area contributed by atoms with Gasteiger partial charge in [-0.3, -0.25) is 0 Å². The monoisotopic (exact) mass is 183 g/mol. The Morgan fingerprint density at radius 2 is 1.62 bits per heavy atom. The summed E-state index contributed by atoms with van der Waals surface area (Å²) in [7, 11) is 0. The zero-order valence-electron chi connectivity index (χ0n) is 8.37. The lowest BCUT2D eigenvalue weighted by Gasteiger charge is -2.24. The maximum absolute atomic E-state index is 6.04. The second-order valence-corrected chi connectivity index (χ2v) is 4.54. The van der Waals surface area contributed by atoms with Gasteiger partial charge in [0.25, 0.3) is 0 Å². The van der Waals surface area contributed by atoms with E-state index in [2.05, 4.69) is 0 Å². The average molecular weight is 183 g/mol. The van der Waals surface area contributed by atoms with E-state index in [1.807, 2.05) is 0 Å². The van der Waals surface area contributed by atoms with Crippen LogP contribution < -0.4 is 5.73 Å². The Balaban J connectivity index is 1.89. The van der Waals surface area contributed by atoms with E-state index in [0.717, 1.165) is 18.9 Å². The fraction of sp³-hybridized carbons (Fsp3) is 1.00. The molecule has 2 atom stereocenters. The van der Waals surface area contributed by atoms with Crippen LogP contribution in [0.5, 0.6) is 0 Å². The summed E-state index contributed by atoms with van der Waals surface area (Å²) < 4.78 is 5.74. The SMILES string of the molecule is NC1CCOC1C1CCCCCC1. The van der Waals surface area contributed by atoms with E-state index in [4.69, 9.17) is 10.5 Å². The first-order valence-corrected chi connectivity index (χ1v) is 5.75. The van der Waals surface area contributed by atoms with Crippen molar-refractivity contribution in [3.8, 4) is 0 Å². The third-order valence-electron chi connectivity index (χ3n) is 3.55. The lowest BCUT2D eigenvalue weighted by molar-refractivity contribution is 0.0498. The molecule has 0 aromatic rings. The predicted octanol–water partition coefficient (Wildman–Crippen LogP) is 2.07. The number of nitrogens with two attached hydrogens (primary N) is 1. The van der Waals surface area contributed by atoms with Gasteiger partial charge in [-0.05, 0) is 25.2 Å². The van der Waals surface area contributed by atoms with Gasteiger partial charge in [0.05, 0.1) is 6.10 Å². The van der Waals surface area contributed by atoms with Crippen LogP contribution in [0.3, 0.4) is 0 Å². The average Bonchev–Trinajstić information content (AvgIpc) is 2.43.